The second-order valence-corrected chi connectivity index (χ2v) is 5.62. The summed E-state index contributed by atoms with van der Waals surface area (Å²) in [6.45, 7) is 8.31. The number of carboxylic acids is 2. The van der Waals surface area contributed by atoms with Crippen LogP contribution in [0.2, 0.25) is 0 Å². The van der Waals surface area contributed by atoms with Crippen molar-refractivity contribution in [2.75, 3.05) is 0 Å². The molecule has 122 valence electrons. The Morgan fingerprint density at radius 1 is 0.952 bits per heavy atom. The van der Waals surface area contributed by atoms with Crippen molar-refractivity contribution in [3.05, 3.63) is 0 Å². The van der Waals surface area contributed by atoms with Crippen LogP contribution in [0, 0.1) is 11.8 Å². The maximum Gasteiger partial charge on any atom is 0.306 e. The number of hydrogen-bond donors (Lipinski definition) is 2. The van der Waals surface area contributed by atoms with E-state index in [1.807, 2.05) is 6.92 Å². The second-order valence-electron chi connectivity index (χ2n) is 5.62. The molecule has 0 aromatic rings. The molecular weight excluding hydrogens is 322 g/mol. The van der Waals surface area contributed by atoms with E-state index in [0.29, 0.717) is 12.3 Å². The van der Waals surface area contributed by atoms with Crippen LogP contribution in [0.25, 0.3) is 0 Å². The van der Waals surface area contributed by atoms with E-state index in [9.17, 15) is 9.59 Å². The fourth-order valence-electron chi connectivity index (χ4n) is 1.78. The first-order chi connectivity index (χ1) is 9.34. The molecule has 0 amide bonds. The minimum atomic E-state index is -0.677. The first-order valence-corrected chi connectivity index (χ1v) is 7.79. The van der Waals surface area contributed by atoms with Crippen molar-refractivity contribution in [1.82, 2.24) is 0 Å². The summed E-state index contributed by atoms with van der Waals surface area (Å²) in [6.07, 6.45) is 7.06. The zero-order valence-electron chi connectivity index (χ0n) is 14.2. The predicted octanol–water partition coefficient (Wildman–Crippen LogP) is 4.57. The molecule has 0 heterocycles. The van der Waals surface area contributed by atoms with E-state index in [1.54, 1.807) is 0 Å². The van der Waals surface area contributed by atoms with Crippen LogP contribution in [0.4, 0.5) is 0 Å². The standard InChI is InChI=1S/2C8H16O2.Zn/c1-7(2)5-3-4-6-8(9)10;1-3-5-6-7(4-2)8(9)10;/h2*7H,3-6H2,1-2H3,(H,9,10);. The summed E-state index contributed by atoms with van der Waals surface area (Å²) in [4.78, 5) is 20.5. The van der Waals surface area contributed by atoms with E-state index >= 15 is 0 Å². The maximum atomic E-state index is 10.4. The van der Waals surface area contributed by atoms with Crippen LogP contribution in [-0.4, -0.2) is 22.2 Å². The smallest absolute Gasteiger partial charge is 0.306 e. The van der Waals surface area contributed by atoms with Crippen LogP contribution in [0.1, 0.15) is 79.1 Å². The summed E-state index contributed by atoms with van der Waals surface area (Å²) in [7, 11) is 0. The van der Waals surface area contributed by atoms with Gasteiger partial charge in [-0.2, -0.15) is 0 Å². The molecule has 0 spiro atoms. The number of rotatable bonds is 10. The zero-order valence-corrected chi connectivity index (χ0v) is 17.2. The minimum absolute atomic E-state index is 0. The molecule has 0 saturated heterocycles. The molecule has 0 radical (unpaired) electrons. The molecule has 0 saturated carbocycles. The summed E-state index contributed by atoms with van der Waals surface area (Å²) >= 11 is 0. The van der Waals surface area contributed by atoms with E-state index in [4.69, 9.17) is 10.2 Å². The van der Waals surface area contributed by atoms with Crippen LogP contribution >= 0.6 is 0 Å². The van der Waals surface area contributed by atoms with Gasteiger partial charge in [-0.1, -0.05) is 53.4 Å². The summed E-state index contributed by atoms with van der Waals surface area (Å²) < 4.78 is 0. The molecule has 21 heavy (non-hydrogen) atoms. The minimum Gasteiger partial charge on any atom is -0.481 e. The summed E-state index contributed by atoms with van der Waals surface area (Å²) in [5.74, 6) is -0.728. The Bertz CT molecular complexity index is 255. The van der Waals surface area contributed by atoms with Gasteiger partial charge in [0.2, 0.25) is 0 Å². The zero-order chi connectivity index (χ0) is 16.0. The third kappa shape index (κ3) is 22.0. The average Bonchev–Trinajstić information content (AvgIpc) is 2.35. The molecule has 1 unspecified atom stereocenters. The van der Waals surface area contributed by atoms with Gasteiger partial charge >= 0.3 is 11.9 Å². The van der Waals surface area contributed by atoms with Crippen molar-refractivity contribution in [2.45, 2.75) is 79.1 Å². The SMILES string of the molecule is CC(C)CCCCC(=O)O.CCCCC(CC)C(=O)O.[Zn]. The Morgan fingerprint density at radius 3 is 1.86 bits per heavy atom. The molecule has 0 aliphatic carbocycles. The topological polar surface area (TPSA) is 74.6 Å². The van der Waals surface area contributed by atoms with Crippen molar-refractivity contribution in [1.29, 1.82) is 0 Å². The van der Waals surface area contributed by atoms with Gasteiger partial charge in [0, 0.05) is 25.9 Å². The number of carboxylic acid groups (broad SMARTS) is 2. The Morgan fingerprint density at radius 2 is 1.52 bits per heavy atom. The van der Waals surface area contributed by atoms with Crippen LogP contribution < -0.4 is 0 Å². The largest absolute Gasteiger partial charge is 0.481 e. The molecule has 2 N–H and O–H groups in total. The van der Waals surface area contributed by atoms with Gasteiger partial charge in [-0.05, 0) is 25.2 Å². The van der Waals surface area contributed by atoms with Crippen LogP contribution in [-0.2, 0) is 29.1 Å². The van der Waals surface area contributed by atoms with Crippen molar-refractivity contribution in [3.8, 4) is 0 Å². The molecule has 0 aromatic carbocycles. The Kier molecular flexibility index (Phi) is 21.4. The van der Waals surface area contributed by atoms with Crippen LogP contribution in [0.15, 0.2) is 0 Å². The van der Waals surface area contributed by atoms with E-state index in [-0.39, 0.29) is 25.4 Å². The van der Waals surface area contributed by atoms with Crippen molar-refractivity contribution in [2.24, 2.45) is 11.8 Å². The van der Waals surface area contributed by atoms with Crippen molar-refractivity contribution >= 4 is 11.9 Å². The average molecular weight is 354 g/mol. The molecule has 0 bridgehead atoms. The predicted molar refractivity (Wildman–Crippen MR) is 81.9 cm³/mol. The Balaban J connectivity index is -0.000000295. The molecule has 0 rings (SSSR count). The normalized spacial score (nSPS) is 11.1. The molecule has 0 aromatic heterocycles. The first-order valence-electron chi connectivity index (χ1n) is 7.79. The van der Waals surface area contributed by atoms with Gasteiger partial charge in [0.05, 0.1) is 5.92 Å². The van der Waals surface area contributed by atoms with Gasteiger partial charge < -0.3 is 10.2 Å². The van der Waals surface area contributed by atoms with Gasteiger partial charge in [0.15, 0.2) is 0 Å². The first kappa shape index (κ1) is 25.5. The van der Waals surface area contributed by atoms with E-state index in [0.717, 1.165) is 44.9 Å². The molecule has 0 fully saturated rings. The van der Waals surface area contributed by atoms with E-state index in [2.05, 4.69) is 20.8 Å². The van der Waals surface area contributed by atoms with Gasteiger partial charge in [0.25, 0.3) is 0 Å². The Hall–Kier alpha value is -0.437. The third-order valence-corrected chi connectivity index (χ3v) is 3.17. The van der Waals surface area contributed by atoms with E-state index < -0.39 is 11.9 Å². The molecule has 5 heteroatoms. The Labute approximate surface area is 142 Å². The summed E-state index contributed by atoms with van der Waals surface area (Å²) in [5.41, 5.74) is 0. The molecule has 4 nitrogen and oxygen atoms in total. The molecular formula is C16H32O4Zn. The quantitative estimate of drug-likeness (QED) is 0.445. The maximum absolute atomic E-state index is 10.4. The van der Waals surface area contributed by atoms with Crippen molar-refractivity contribution in [3.63, 3.8) is 0 Å². The van der Waals surface area contributed by atoms with Gasteiger partial charge in [-0.3, -0.25) is 9.59 Å². The summed E-state index contributed by atoms with van der Waals surface area (Å²) in [5, 5.41) is 16.9. The fourth-order valence-corrected chi connectivity index (χ4v) is 1.78. The van der Waals surface area contributed by atoms with Crippen LogP contribution in [0.5, 0.6) is 0 Å². The summed E-state index contributed by atoms with van der Waals surface area (Å²) in [6, 6.07) is 0. The van der Waals surface area contributed by atoms with E-state index in [1.165, 1.54) is 0 Å². The molecule has 0 aliphatic heterocycles. The van der Waals surface area contributed by atoms with Gasteiger partial charge in [-0.15, -0.1) is 0 Å². The molecule has 0 aliphatic rings. The molecule has 1 atom stereocenters. The third-order valence-electron chi connectivity index (χ3n) is 3.17. The number of unbranched alkanes of at least 4 members (excludes halogenated alkanes) is 2. The number of hydrogen-bond acceptors (Lipinski definition) is 2. The van der Waals surface area contributed by atoms with Crippen LogP contribution in [0.3, 0.4) is 0 Å². The van der Waals surface area contributed by atoms with Gasteiger partial charge in [0.1, 0.15) is 0 Å². The van der Waals surface area contributed by atoms with Crippen molar-refractivity contribution < 1.29 is 39.3 Å². The van der Waals surface area contributed by atoms with Gasteiger partial charge in [-0.25, -0.2) is 0 Å². The fraction of sp³-hybridized carbons (Fsp3) is 0.875. The monoisotopic (exact) mass is 352 g/mol. The second kappa shape index (κ2) is 17.6. The number of carbonyl (C=O) groups is 2. The number of aliphatic carboxylic acids is 2.